The third-order valence-corrected chi connectivity index (χ3v) is 4.91. The molecule has 0 bridgehead atoms. The number of para-hydroxylation sites is 1. The third kappa shape index (κ3) is 3.55. The largest absolute Gasteiger partial charge is 0.275 e. The molecule has 0 fully saturated rings. The fraction of sp³-hybridized carbons (Fsp3) is 0. The van der Waals surface area contributed by atoms with Crippen LogP contribution in [0, 0.1) is 0 Å². The fourth-order valence-corrected chi connectivity index (χ4v) is 3.40. The smallest absolute Gasteiger partial charge is 0.262 e. The van der Waals surface area contributed by atoms with Crippen LogP contribution in [0.5, 0.6) is 0 Å². The average molecular weight is 392 g/mol. The lowest BCUT2D eigenvalue weighted by Gasteiger charge is -2.22. The van der Waals surface area contributed by atoms with Crippen LogP contribution in [-0.2, 0) is 4.79 Å². The molecule has 0 aromatic heterocycles. The Bertz CT molecular complexity index is 1050. The highest BCUT2D eigenvalue weighted by Gasteiger charge is 2.31. The van der Waals surface area contributed by atoms with Crippen LogP contribution in [0.2, 0.25) is 10.0 Å². The van der Waals surface area contributed by atoms with E-state index in [0.29, 0.717) is 21.3 Å². The Morgan fingerprint density at radius 3 is 2.15 bits per heavy atom. The lowest BCUT2D eigenvalue weighted by Crippen LogP contribution is -2.25. The summed E-state index contributed by atoms with van der Waals surface area (Å²) in [6.07, 6.45) is 3.77. The van der Waals surface area contributed by atoms with Gasteiger partial charge in [-0.05, 0) is 47.5 Å². The molecule has 4 heteroatoms. The molecule has 1 heterocycles. The van der Waals surface area contributed by atoms with Gasteiger partial charge in [-0.1, -0.05) is 77.8 Å². The summed E-state index contributed by atoms with van der Waals surface area (Å²) >= 11 is 12.4. The summed E-state index contributed by atoms with van der Waals surface area (Å²) < 4.78 is 0. The molecule has 3 aromatic rings. The molecule has 132 valence electrons. The van der Waals surface area contributed by atoms with Gasteiger partial charge in [-0.3, -0.25) is 9.69 Å². The molecule has 0 aliphatic carbocycles. The number of anilines is 1. The first-order valence-corrected chi connectivity index (χ1v) is 9.22. The molecule has 0 N–H and O–H groups in total. The summed E-state index contributed by atoms with van der Waals surface area (Å²) in [5.74, 6) is -0.114. The van der Waals surface area contributed by atoms with Crippen molar-refractivity contribution < 1.29 is 4.79 Å². The molecule has 4 rings (SSSR count). The maximum absolute atomic E-state index is 13.2. The average Bonchev–Trinajstić information content (AvgIpc) is 3.00. The van der Waals surface area contributed by atoms with Crippen molar-refractivity contribution in [3.8, 4) is 0 Å². The molecule has 0 radical (unpaired) electrons. The first kappa shape index (κ1) is 17.6. The third-order valence-electron chi connectivity index (χ3n) is 4.34. The zero-order valence-electron chi connectivity index (χ0n) is 14.3. The molecule has 27 heavy (non-hydrogen) atoms. The van der Waals surface area contributed by atoms with E-state index >= 15 is 0 Å². The SMILES string of the molecule is O=C1/C(=C/c2ccccc2)C=C(c2ccc(Cl)cc2)N1c1ccccc1Cl. The van der Waals surface area contributed by atoms with Crippen molar-refractivity contribution in [2.75, 3.05) is 4.90 Å². The minimum absolute atomic E-state index is 0.114. The van der Waals surface area contributed by atoms with Gasteiger partial charge in [-0.2, -0.15) is 0 Å². The second-order valence-electron chi connectivity index (χ2n) is 6.14. The Morgan fingerprint density at radius 1 is 0.778 bits per heavy atom. The number of hydrogen-bond acceptors (Lipinski definition) is 1. The number of rotatable bonds is 3. The Balaban J connectivity index is 1.85. The van der Waals surface area contributed by atoms with E-state index in [0.717, 1.165) is 16.8 Å². The molecule has 0 saturated carbocycles. The number of halogens is 2. The van der Waals surface area contributed by atoms with Crippen LogP contribution >= 0.6 is 23.2 Å². The second kappa shape index (κ2) is 7.43. The fourth-order valence-electron chi connectivity index (χ4n) is 3.05. The zero-order valence-corrected chi connectivity index (χ0v) is 15.8. The minimum Gasteiger partial charge on any atom is -0.275 e. The van der Waals surface area contributed by atoms with Gasteiger partial charge in [0.2, 0.25) is 0 Å². The highest BCUT2D eigenvalue weighted by molar-refractivity contribution is 6.35. The normalized spacial score (nSPS) is 15.3. The van der Waals surface area contributed by atoms with Gasteiger partial charge in [0, 0.05) is 10.6 Å². The van der Waals surface area contributed by atoms with Crippen LogP contribution < -0.4 is 4.90 Å². The van der Waals surface area contributed by atoms with Crippen LogP contribution in [0.25, 0.3) is 11.8 Å². The number of carbonyl (C=O) groups is 1. The highest BCUT2D eigenvalue weighted by Crippen LogP contribution is 2.38. The summed E-state index contributed by atoms with van der Waals surface area (Å²) in [5.41, 5.74) is 3.89. The van der Waals surface area contributed by atoms with Crippen LogP contribution in [0.4, 0.5) is 5.69 Å². The van der Waals surface area contributed by atoms with Crippen LogP contribution in [0.15, 0.2) is 90.5 Å². The summed E-state index contributed by atoms with van der Waals surface area (Å²) in [5, 5.41) is 1.17. The van der Waals surface area contributed by atoms with Crippen molar-refractivity contribution in [3.63, 3.8) is 0 Å². The molecule has 0 unspecified atom stereocenters. The van der Waals surface area contributed by atoms with Gasteiger partial charge in [0.25, 0.3) is 5.91 Å². The molecular formula is C23H15Cl2NO. The van der Waals surface area contributed by atoms with Crippen molar-refractivity contribution in [2.45, 2.75) is 0 Å². The zero-order chi connectivity index (χ0) is 18.8. The molecule has 0 saturated heterocycles. The predicted molar refractivity (Wildman–Crippen MR) is 113 cm³/mol. The Hall–Kier alpha value is -2.81. The second-order valence-corrected chi connectivity index (χ2v) is 6.98. The van der Waals surface area contributed by atoms with E-state index in [1.54, 1.807) is 11.0 Å². The number of amides is 1. The number of hydrogen-bond donors (Lipinski definition) is 0. The summed E-state index contributed by atoms with van der Waals surface area (Å²) in [4.78, 5) is 14.9. The summed E-state index contributed by atoms with van der Waals surface area (Å²) in [7, 11) is 0. The number of nitrogens with zero attached hydrogens (tertiary/aromatic N) is 1. The van der Waals surface area contributed by atoms with E-state index in [4.69, 9.17) is 23.2 Å². The Kier molecular flexibility index (Phi) is 4.85. The lowest BCUT2D eigenvalue weighted by atomic mass is 10.1. The number of benzene rings is 3. The van der Waals surface area contributed by atoms with Gasteiger partial charge in [-0.15, -0.1) is 0 Å². The minimum atomic E-state index is -0.114. The lowest BCUT2D eigenvalue weighted by molar-refractivity contribution is -0.113. The van der Waals surface area contributed by atoms with Crippen molar-refractivity contribution in [1.82, 2.24) is 0 Å². The highest BCUT2D eigenvalue weighted by atomic mass is 35.5. The maximum atomic E-state index is 13.2. The van der Waals surface area contributed by atoms with Crippen LogP contribution in [0.1, 0.15) is 11.1 Å². The van der Waals surface area contributed by atoms with Crippen molar-refractivity contribution in [1.29, 1.82) is 0 Å². The van der Waals surface area contributed by atoms with E-state index in [1.165, 1.54) is 0 Å². The number of carbonyl (C=O) groups excluding carboxylic acids is 1. The van der Waals surface area contributed by atoms with Crippen LogP contribution in [0.3, 0.4) is 0 Å². The maximum Gasteiger partial charge on any atom is 0.262 e. The molecule has 3 aromatic carbocycles. The van der Waals surface area contributed by atoms with Gasteiger partial charge in [0.15, 0.2) is 0 Å². The van der Waals surface area contributed by atoms with Gasteiger partial charge < -0.3 is 0 Å². The Labute approximate surface area is 168 Å². The standard InChI is InChI=1S/C23H15Cl2NO/c24-19-12-10-17(11-13-19)22-15-18(14-16-6-2-1-3-7-16)23(27)26(22)21-9-5-4-8-20(21)25/h1-15H/b18-14+. The quantitative estimate of drug-likeness (QED) is 0.468. The summed E-state index contributed by atoms with van der Waals surface area (Å²) in [6.45, 7) is 0. The topological polar surface area (TPSA) is 20.3 Å². The molecule has 2 nitrogen and oxygen atoms in total. The van der Waals surface area contributed by atoms with Gasteiger partial charge in [-0.25, -0.2) is 0 Å². The van der Waals surface area contributed by atoms with E-state index in [9.17, 15) is 4.79 Å². The van der Waals surface area contributed by atoms with Crippen LogP contribution in [-0.4, -0.2) is 5.91 Å². The first-order chi connectivity index (χ1) is 13.1. The van der Waals surface area contributed by atoms with Crippen molar-refractivity contribution in [3.05, 3.63) is 112 Å². The van der Waals surface area contributed by atoms with Crippen molar-refractivity contribution >= 4 is 46.6 Å². The summed E-state index contributed by atoms with van der Waals surface area (Å²) in [6, 6.07) is 24.5. The molecule has 1 amide bonds. The van der Waals surface area contributed by atoms with Gasteiger partial charge in [0.05, 0.1) is 16.4 Å². The molecular weight excluding hydrogens is 377 g/mol. The molecule has 0 atom stereocenters. The monoisotopic (exact) mass is 391 g/mol. The first-order valence-electron chi connectivity index (χ1n) is 8.47. The Morgan fingerprint density at radius 2 is 1.44 bits per heavy atom. The van der Waals surface area contributed by atoms with E-state index in [-0.39, 0.29) is 5.91 Å². The van der Waals surface area contributed by atoms with Crippen molar-refractivity contribution in [2.24, 2.45) is 0 Å². The van der Waals surface area contributed by atoms with E-state index in [1.807, 2.05) is 84.9 Å². The predicted octanol–water partition coefficient (Wildman–Crippen LogP) is 6.46. The van der Waals surface area contributed by atoms with E-state index in [2.05, 4.69) is 0 Å². The van der Waals surface area contributed by atoms with Gasteiger partial charge in [0.1, 0.15) is 0 Å². The molecule has 0 spiro atoms. The molecule has 1 aliphatic heterocycles. The molecule has 1 aliphatic rings. The van der Waals surface area contributed by atoms with Gasteiger partial charge >= 0.3 is 0 Å². The van der Waals surface area contributed by atoms with E-state index < -0.39 is 0 Å².